The quantitative estimate of drug-likeness (QED) is 0.860. The van der Waals surface area contributed by atoms with Gasteiger partial charge in [-0.3, -0.25) is 9.78 Å². The van der Waals surface area contributed by atoms with E-state index in [0.717, 1.165) is 0 Å². The first-order valence-corrected chi connectivity index (χ1v) is 6.56. The van der Waals surface area contributed by atoms with Gasteiger partial charge in [0.1, 0.15) is 23.0 Å². The van der Waals surface area contributed by atoms with Gasteiger partial charge in [-0.1, -0.05) is 15.9 Å². The Labute approximate surface area is 124 Å². The Hall–Kier alpha value is -1.95. The minimum absolute atomic E-state index is 0.226. The minimum Gasteiger partial charge on any atom is -0.457 e. The summed E-state index contributed by atoms with van der Waals surface area (Å²) in [6.07, 6.45) is 1.47. The van der Waals surface area contributed by atoms with Crippen LogP contribution in [0.1, 0.15) is 10.5 Å². The summed E-state index contributed by atoms with van der Waals surface area (Å²) in [6, 6.07) is 7.35. The van der Waals surface area contributed by atoms with Crippen molar-refractivity contribution < 1.29 is 13.9 Å². The normalized spacial score (nSPS) is 10.2. The molecule has 0 bridgehead atoms. The molecule has 0 N–H and O–H groups in total. The monoisotopic (exact) mass is 338 g/mol. The van der Waals surface area contributed by atoms with Gasteiger partial charge in [0.15, 0.2) is 0 Å². The molecule has 0 fully saturated rings. The highest BCUT2D eigenvalue weighted by molar-refractivity contribution is 9.10. The number of aromatic nitrogens is 1. The Balaban J connectivity index is 2.25. The number of nitrogens with zero attached hydrogens (tertiary/aromatic N) is 2. The summed E-state index contributed by atoms with van der Waals surface area (Å²) in [5, 5.41) is 0. The van der Waals surface area contributed by atoms with Gasteiger partial charge in [0.25, 0.3) is 5.91 Å². The average molecular weight is 339 g/mol. The number of carbonyl (C=O) groups excluding carboxylic acids is 1. The fourth-order valence-corrected chi connectivity index (χ4v) is 1.99. The van der Waals surface area contributed by atoms with Gasteiger partial charge in [-0.05, 0) is 18.2 Å². The van der Waals surface area contributed by atoms with Crippen LogP contribution in [-0.2, 0) is 0 Å². The Kier molecular flexibility index (Phi) is 4.34. The maximum absolute atomic E-state index is 13.3. The van der Waals surface area contributed by atoms with Gasteiger partial charge in [0.2, 0.25) is 0 Å². The van der Waals surface area contributed by atoms with Crippen molar-refractivity contribution in [1.82, 2.24) is 9.88 Å². The highest BCUT2D eigenvalue weighted by atomic mass is 79.9. The predicted octanol–water partition coefficient (Wildman–Crippen LogP) is 3.48. The molecule has 1 amide bonds. The van der Waals surface area contributed by atoms with Gasteiger partial charge in [0, 0.05) is 36.9 Å². The lowest BCUT2D eigenvalue weighted by atomic mass is 10.3. The van der Waals surface area contributed by atoms with Crippen molar-refractivity contribution in [3.8, 4) is 11.5 Å². The van der Waals surface area contributed by atoms with Gasteiger partial charge in [-0.2, -0.15) is 0 Å². The second-order valence-electron chi connectivity index (χ2n) is 4.28. The van der Waals surface area contributed by atoms with Crippen molar-refractivity contribution in [2.45, 2.75) is 0 Å². The van der Waals surface area contributed by atoms with Gasteiger partial charge in [-0.25, -0.2) is 4.39 Å². The molecule has 0 aliphatic rings. The molecule has 0 radical (unpaired) electrons. The fourth-order valence-electron chi connectivity index (χ4n) is 1.54. The summed E-state index contributed by atoms with van der Waals surface area (Å²) in [5.41, 5.74) is 0.267. The largest absolute Gasteiger partial charge is 0.457 e. The molecule has 2 aromatic rings. The summed E-state index contributed by atoms with van der Waals surface area (Å²) >= 11 is 3.19. The van der Waals surface area contributed by atoms with Crippen molar-refractivity contribution in [1.29, 1.82) is 0 Å². The Morgan fingerprint density at radius 2 is 2.00 bits per heavy atom. The highest BCUT2D eigenvalue weighted by Gasteiger charge is 2.11. The van der Waals surface area contributed by atoms with Crippen LogP contribution in [0.4, 0.5) is 4.39 Å². The summed E-state index contributed by atoms with van der Waals surface area (Å²) in [6.45, 7) is 0. The van der Waals surface area contributed by atoms with Crippen LogP contribution in [0.3, 0.4) is 0 Å². The molecule has 0 saturated heterocycles. The van der Waals surface area contributed by atoms with Crippen LogP contribution in [0.15, 0.2) is 41.0 Å². The molecule has 6 heteroatoms. The first-order chi connectivity index (χ1) is 9.45. The summed E-state index contributed by atoms with van der Waals surface area (Å²) in [5.74, 6) is 0.123. The number of hydrogen-bond donors (Lipinski definition) is 0. The number of benzene rings is 1. The SMILES string of the molecule is CN(C)C(=O)c1cc(Oc2cc(F)cc(Br)c2)ccn1. The molecular weight excluding hydrogens is 327 g/mol. The van der Waals surface area contributed by atoms with Crippen LogP contribution >= 0.6 is 15.9 Å². The maximum Gasteiger partial charge on any atom is 0.272 e. The molecule has 2 rings (SSSR count). The smallest absolute Gasteiger partial charge is 0.272 e. The van der Waals surface area contributed by atoms with E-state index in [2.05, 4.69) is 20.9 Å². The molecule has 0 aliphatic carbocycles. The van der Waals surface area contributed by atoms with E-state index in [9.17, 15) is 9.18 Å². The average Bonchev–Trinajstić information content (AvgIpc) is 2.36. The van der Waals surface area contributed by atoms with E-state index in [1.54, 1.807) is 26.2 Å². The van der Waals surface area contributed by atoms with Crippen molar-refractivity contribution in [3.05, 3.63) is 52.5 Å². The Morgan fingerprint density at radius 3 is 2.65 bits per heavy atom. The molecular formula is C14H12BrFN2O2. The van der Waals surface area contributed by atoms with E-state index < -0.39 is 5.82 Å². The molecule has 104 valence electrons. The number of amides is 1. The van der Waals surface area contributed by atoms with E-state index in [1.807, 2.05) is 0 Å². The van der Waals surface area contributed by atoms with E-state index in [1.165, 1.54) is 29.3 Å². The van der Waals surface area contributed by atoms with Crippen LogP contribution in [0.25, 0.3) is 0 Å². The number of halogens is 2. The van der Waals surface area contributed by atoms with Gasteiger partial charge in [-0.15, -0.1) is 0 Å². The van der Waals surface area contributed by atoms with Gasteiger partial charge >= 0.3 is 0 Å². The molecule has 20 heavy (non-hydrogen) atoms. The zero-order chi connectivity index (χ0) is 14.7. The van der Waals surface area contributed by atoms with E-state index >= 15 is 0 Å². The molecule has 0 saturated carbocycles. The molecule has 1 heterocycles. The van der Waals surface area contributed by atoms with Crippen molar-refractivity contribution >= 4 is 21.8 Å². The zero-order valence-electron chi connectivity index (χ0n) is 10.9. The first kappa shape index (κ1) is 14.5. The molecule has 1 aromatic heterocycles. The zero-order valence-corrected chi connectivity index (χ0v) is 12.5. The molecule has 0 unspecified atom stereocenters. The van der Waals surface area contributed by atoms with Crippen molar-refractivity contribution in [2.24, 2.45) is 0 Å². The van der Waals surface area contributed by atoms with E-state index in [0.29, 0.717) is 16.0 Å². The lowest BCUT2D eigenvalue weighted by Gasteiger charge is -2.11. The molecule has 0 aliphatic heterocycles. The number of hydrogen-bond acceptors (Lipinski definition) is 3. The van der Waals surface area contributed by atoms with Gasteiger partial charge < -0.3 is 9.64 Å². The minimum atomic E-state index is -0.409. The molecule has 4 nitrogen and oxygen atoms in total. The number of rotatable bonds is 3. The van der Waals surface area contributed by atoms with Crippen LogP contribution in [-0.4, -0.2) is 29.9 Å². The van der Waals surface area contributed by atoms with Crippen LogP contribution in [0.5, 0.6) is 11.5 Å². The first-order valence-electron chi connectivity index (χ1n) is 5.77. The molecule has 1 aromatic carbocycles. The van der Waals surface area contributed by atoms with Crippen LogP contribution in [0.2, 0.25) is 0 Å². The summed E-state index contributed by atoms with van der Waals surface area (Å²) in [7, 11) is 3.28. The lowest BCUT2D eigenvalue weighted by molar-refractivity contribution is 0.0821. The van der Waals surface area contributed by atoms with Crippen molar-refractivity contribution in [2.75, 3.05) is 14.1 Å². The molecule has 0 spiro atoms. The lowest BCUT2D eigenvalue weighted by Crippen LogP contribution is -2.22. The predicted molar refractivity (Wildman–Crippen MR) is 76.4 cm³/mol. The Morgan fingerprint density at radius 1 is 1.25 bits per heavy atom. The summed E-state index contributed by atoms with van der Waals surface area (Å²) in [4.78, 5) is 17.2. The maximum atomic E-state index is 13.3. The van der Waals surface area contributed by atoms with Gasteiger partial charge in [0.05, 0.1) is 0 Å². The third-order valence-corrected chi connectivity index (χ3v) is 2.89. The van der Waals surface area contributed by atoms with E-state index in [-0.39, 0.29) is 11.6 Å². The second-order valence-corrected chi connectivity index (χ2v) is 5.20. The third-order valence-electron chi connectivity index (χ3n) is 2.43. The number of pyridine rings is 1. The highest BCUT2D eigenvalue weighted by Crippen LogP contribution is 2.26. The summed E-state index contributed by atoms with van der Waals surface area (Å²) < 4.78 is 19.4. The molecule has 0 atom stereocenters. The standard InChI is InChI=1S/C14H12BrFN2O2/c1-18(2)14(19)13-8-11(3-4-17-13)20-12-6-9(15)5-10(16)7-12/h3-8H,1-2H3. The third kappa shape index (κ3) is 3.54. The Bertz CT molecular complexity index is 627. The number of ether oxygens (including phenoxy) is 1. The fraction of sp³-hybridized carbons (Fsp3) is 0.143. The second kappa shape index (κ2) is 6.00. The number of carbonyl (C=O) groups is 1. The van der Waals surface area contributed by atoms with Crippen molar-refractivity contribution in [3.63, 3.8) is 0 Å². The van der Waals surface area contributed by atoms with Crippen LogP contribution < -0.4 is 4.74 Å². The topological polar surface area (TPSA) is 42.4 Å². The van der Waals surface area contributed by atoms with Crippen LogP contribution in [0, 0.1) is 5.82 Å². The van der Waals surface area contributed by atoms with E-state index in [4.69, 9.17) is 4.74 Å².